The fourth-order valence-corrected chi connectivity index (χ4v) is 5.51. The molecule has 5 rings (SSSR count). The van der Waals surface area contributed by atoms with Crippen LogP contribution in [0, 0.1) is 0 Å². The molecule has 16 heteroatoms. The Morgan fingerprint density at radius 3 is 2.26 bits per heavy atom. The number of H-pyrrole nitrogens is 1. The van der Waals surface area contributed by atoms with E-state index in [0.717, 1.165) is 12.4 Å². The van der Waals surface area contributed by atoms with Gasteiger partial charge in [0.25, 0.3) is 5.56 Å². The Morgan fingerprint density at radius 1 is 0.974 bits per heavy atom. The lowest BCUT2D eigenvalue weighted by Gasteiger charge is -2.44. The van der Waals surface area contributed by atoms with Gasteiger partial charge in [0.1, 0.15) is 11.6 Å². The summed E-state index contributed by atoms with van der Waals surface area (Å²) in [5, 5.41) is 5.95. The van der Waals surface area contributed by atoms with E-state index >= 15 is 0 Å². The molecule has 0 spiro atoms. The predicted molar refractivity (Wildman–Crippen MR) is 125 cm³/mol. The summed E-state index contributed by atoms with van der Waals surface area (Å²) in [6.07, 6.45) is -7.42. The van der Waals surface area contributed by atoms with Gasteiger partial charge in [-0.25, -0.2) is 15.1 Å². The molecule has 39 heavy (non-hydrogen) atoms. The lowest BCUT2D eigenvalue weighted by Crippen LogP contribution is -2.61. The van der Waals surface area contributed by atoms with Crippen LogP contribution in [0.5, 0.6) is 0 Å². The molecule has 2 saturated heterocycles. The van der Waals surface area contributed by atoms with E-state index in [4.69, 9.17) is 0 Å². The molecule has 3 aliphatic rings. The van der Waals surface area contributed by atoms with Gasteiger partial charge in [-0.2, -0.15) is 31.4 Å². The van der Waals surface area contributed by atoms with Crippen LogP contribution in [-0.4, -0.2) is 99.7 Å². The van der Waals surface area contributed by atoms with Crippen molar-refractivity contribution in [3.8, 4) is 0 Å². The fourth-order valence-electron chi connectivity index (χ4n) is 5.51. The molecule has 1 aliphatic carbocycles. The molecule has 1 amide bonds. The zero-order valence-corrected chi connectivity index (χ0v) is 20.9. The van der Waals surface area contributed by atoms with Crippen LogP contribution in [-0.2, 0) is 23.6 Å². The Hall–Kier alpha value is -3.27. The first kappa shape index (κ1) is 27.3. The second kappa shape index (κ2) is 10.0. The average Bonchev–Trinajstić information content (AvgIpc) is 3.31. The highest BCUT2D eigenvalue weighted by Crippen LogP contribution is 2.40. The Labute approximate surface area is 218 Å². The van der Waals surface area contributed by atoms with Gasteiger partial charge in [0.05, 0.1) is 17.3 Å². The van der Waals surface area contributed by atoms with Crippen LogP contribution in [0.3, 0.4) is 0 Å². The summed E-state index contributed by atoms with van der Waals surface area (Å²) in [7, 11) is 1.81. The van der Waals surface area contributed by atoms with Gasteiger partial charge < -0.3 is 9.80 Å². The van der Waals surface area contributed by atoms with Crippen LogP contribution < -0.4 is 10.5 Å². The Kier molecular flexibility index (Phi) is 7.03. The van der Waals surface area contributed by atoms with Crippen molar-refractivity contribution in [1.29, 1.82) is 0 Å². The molecule has 4 heterocycles. The van der Waals surface area contributed by atoms with Crippen molar-refractivity contribution in [3.05, 3.63) is 45.1 Å². The first-order valence-corrected chi connectivity index (χ1v) is 12.4. The van der Waals surface area contributed by atoms with Crippen molar-refractivity contribution >= 4 is 11.9 Å². The van der Waals surface area contributed by atoms with Crippen LogP contribution in [0.1, 0.15) is 34.8 Å². The molecule has 0 radical (unpaired) electrons. The number of anilines is 1. The number of piperazine rings is 2. The number of carbonyl (C=O) groups is 1. The van der Waals surface area contributed by atoms with E-state index in [1.807, 2.05) is 21.9 Å². The lowest BCUT2D eigenvalue weighted by molar-refractivity contribution is -0.140. The first-order valence-electron chi connectivity index (χ1n) is 12.4. The number of hydrogen-bond acceptors (Lipinski definition) is 8. The van der Waals surface area contributed by atoms with Crippen LogP contribution in [0.2, 0.25) is 0 Å². The number of hydrogen-bond donors (Lipinski definition) is 1. The number of nitrogens with zero attached hydrogens (tertiary/aromatic N) is 7. The lowest BCUT2D eigenvalue weighted by atomic mass is 10.1. The second-order valence-electron chi connectivity index (χ2n) is 9.92. The Balaban J connectivity index is 1.24. The number of aromatic nitrogens is 4. The fraction of sp³-hybridized carbons (Fsp3) is 0.609. The van der Waals surface area contributed by atoms with Gasteiger partial charge in [-0.1, -0.05) is 0 Å². The maximum absolute atomic E-state index is 13.5. The topological polar surface area (TPSA) is 102 Å². The number of fused-ring (bicyclic) bond motifs is 1. The van der Waals surface area contributed by atoms with Crippen molar-refractivity contribution in [2.75, 3.05) is 57.8 Å². The highest BCUT2D eigenvalue weighted by atomic mass is 19.4. The van der Waals surface area contributed by atoms with Crippen molar-refractivity contribution in [2.24, 2.45) is 0 Å². The molecule has 0 aromatic carbocycles. The van der Waals surface area contributed by atoms with E-state index in [0.29, 0.717) is 45.7 Å². The molecule has 10 nitrogen and oxygen atoms in total. The second-order valence-corrected chi connectivity index (χ2v) is 9.92. The van der Waals surface area contributed by atoms with Crippen LogP contribution in [0.4, 0.5) is 32.3 Å². The molecule has 0 unspecified atom stereocenters. The summed E-state index contributed by atoms with van der Waals surface area (Å²) in [5.41, 5.74) is -3.28. The Bertz CT molecular complexity index is 1270. The molecule has 212 valence electrons. The van der Waals surface area contributed by atoms with E-state index < -0.39 is 41.1 Å². The normalized spacial score (nSPS) is 23.3. The van der Waals surface area contributed by atoms with Crippen molar-refractivity contribution in [2.45, 2.75) is 37.3 Å². The SMILES string of the molecule is CN1CCN([C@H]2CCc3c2n[nH]c(=O)c3C(F)(F)F)C[C@H]1C(=O)N1CCN(c2ncc(C(F)(F)F)cn2)CC1. The predicted octanol–water partition coefficient (Wildman–Crippen LogP) is 1.55. The zero-order valence-electron chi connectivity index (χ0n) is 20.9. The van der Waals surface area contributed by atoms with Gasteiger partial charge in [-0.05, 0) is 25.5 Å². The number of carbonyl (C=O) groups excluding carboxylic acids is 1. The maximum atomic E-state index is 13.5. The van der Waals surface area contributed by atoms with Crippen molar-refractivity contribution in [1.82, 2.24) is 34.9 Å². The van der Waals surface area contributed by atoms with Gasteiger partial charge in [0.2, 0.25) is 11.9 Å². The number of likely N-dealkylation sites (N-methyl/N-ethyl adjacent to an activating group) is 1. The van der Waals surface area contributed by atoms with E-state index in [1.54, 1.807) is 9.80 Å². The third-order valence-electron chi connectivity index (χ3n) is 7.63. The van der Waals surface area contributed by atoms with Gasteiger partial charge in [-0.15, -0.1) is 0 Å². The molecule has 2 fully saturated rings. The third kappa shape index (κ3) is 5.31. The molecule has 2 aromatic heterocycles. The molecule has 1 N–H and O–H groups in total. The number of aromatic amines is 1. The number of amides is 1. The highest BCUT2D eigenvalue weighted by molar-refractivity contribution is 5.82. The van der Waals surface area contributed by atoms with E-state index in [-0.39, 0.29) is 36.1 Å². The minimum absolute atomic E-state index is 0.0741. The molecule has 2 aliphatic heterocycles. The third-order valence-corrected chi connectivity index (χ3v) is 7.63. The number of alkyl halides is 6. The summed E-state index contributed by atoms with van der Waals surface area (Å²) < 4.78 is 78.9. The summed E-state index contributed by atoms with van der Waals surface area (Å²) in [5.74, 6) is 0.0125. The molecular formula is C23H26F6N8O2. The highest BCUT2D eigenvalue weighted by Gasteiger charge is 2.44. The van der Waals surface area contributed by atoms with Crippen LogP contribution in [0.15, 0.2) is 17.2 Å². The van der Waals surface area contributed by atoms with E-state index in [2.05, 4.69) is 15.1 Å². The maximum Gasteiger partial charge on any atom is 0.422 e. The van der Waals surface area contributed by atoms with Crippen LogP contribution in [0.25, 0.3) is 0 Å². The molecule has 2 atom stereocenters. The van der Waals surface area contributed by atoms with Gasteiger partial charge in [0, 0.05) is 58.2 Å². The van der Waals surface area contributed by atoms with Crippen molar-refractivity contribution < 1.29 is 31.1 Å². The summed E-state index contributed by atoms with van der Waals surface area (Å²) in [6, 6.07) is -0.989. The molecule has 0 bridgehead atoms. The van der Waals surface area contributed by atoms with E-state index in [1.165, 1.54) is 0 Å². The number of rotatable bonds is 3. The van der Waals surface area contributed by atoms with Crippen molar-refractivity contribution in [3.63, 3.8) is 0 Å². The van der Waals surface area contributed by atoms with E-state index in [9.17, 15) is 35.9 Å². The minimum Gasteiger partial charge on any atom is -0.338 e. The monoisotopic (exact) mass is 560 g/mol. The standard InChI is InChI=1S/C23H26F6N8O2/c1-34-4-5-37(15-3-2-14-17(23(27,28)29)19(38)33-32-18(14)15)12-16(34)20(39)35-6-8-36(9-7-35)21-30-10-13(11-31-21)22(24,25)26/h10-11,15-16H,2-9,12H2,1H3,(H,33,38)/t15-,16-/m0/s1. The first-order chi connectivity index (χ1) is 18.3. The largest absolute Gasteiger partial charge is 0.422 e. The van der Waals surface area contributed by atoms with Gasteiger partial charge >= 0.3 is 12.4 Å². The summed E-state index contributed by atoms with van der Waals surface area (Å²) in [6.45, 7) is 2.62. The molecule has 0 saturated carbocycles. The van der Waals surface area contributed by atoms with Crippen LogP contribution >= 0.6 is 0 Å². The average molecular weight is 561 g/mol. The summed E-state index contributed by atoms with van der Waals surface area (Å²) >= 11 is 0. The molecule has 2 aromatic rings. The van der Waals surface area contributed by atoms with Gasteiger partial charge in [0.15, 0.2) is 0 Å². The summed E-state index contributed by atoms with van der Waals surface area (Å²) in [4.78, 5) is 40.2. The Morgan fingerprint density at radius 2 is 1.64 bits per heavy atom. The van der Waals surface area contributed by atoms with Gasteiger partial charge in [-0.3, -0.25) is 19.4 Å². The molecular weight excluding hydrogens is 534 g/mol. The number of nitrogens with one attached hydrogen (secondary N) is 1. The minimum atomic E-state index is -4.79. The smallest absolute Gasteiger partial charge is 0.338 e. The quantitative estimate of drug-likeness (QED) is 0.565. The zero-order chi connectivity index (χ0) is 28.1. The number of halogens is 6.